The van der Waals surface area contributed by atoms with Crippen molar-refractivity contribution in [2.45, 2.75) is 26.6 Å². The molecule has 0 aliphatic carbocycles. The number of carbonyl (C=O) groups is 2. The molecule has 1 rings (SSSR count). The highest BCUT2D eigenvalue weighted by Gasteiger charge is 2.20. The molecule has 0 saturated carbocycles. The van der Waals surface area contributed by atoms with Crippen molar-refractivity contribution < 1.29 is 19.1 Å². The predicted molar refractivity (Wildman–Crippen MR) is 87.1 cm³/mol. The molecule has 126 valence electrons. The first-order valence-corrected chi connectivity index (χ1v) is 7.20. The molecule has 1 aromatic rings. The van der Waals surface area contributed by atoms with E-state index in [-0.39, 0.29) is 19.1 Å². The van der Waals surface area contributed by atoms with Crippen LogP contribution >= 0.6 is 0 Å². The molecule has 0 fully saturated rings. The molecule has 1 N–H and O–H groups in total. The van der Waals surface area contributed by atoms with Crippen molar-refractivity contribution in [2.75, 3.05) is 25.5 Å². The van der Waals surface area contributed by atoms with Gasteiger partial charge < -0.3 is 14.8 Å². The van der Waals surface area contributed by atoms with Crippen LogP contribution in [-0.2, 0) is 20.9 Å². The first-order chi connectivity index (χ1) is 10.9. The highest BCUT2D eigenvalue weighted by atomic mass is 16.6. The topological polar surface area (TPSA) is 80.8 Å². The molecule has 0 aliphatic rings. The van der Waals surface area contributed by atoms with E-state index < -0.39 is 12.2 Å². The first-order valence-electron chi connectivity index (χ1n) is 7.20. The highest BCUT2D eigenvalue weighted by molar-refractivity contribution is 5.86. The number of ether oxygens (including phenoxy) is 2. The summed E-state index contributed by atoms with van der Waals surface area (Å²) in [7, 11) is 3.21. The van der Waals surface area contributed by atoms with Crippen molar-refractivity contribution in [1.82, 2.24) is 10.3 Å². The van der Waals surface area contributed by atoms with Crippen LogP contribution in [0.25, 0.3) is 0 Å². The van der Waals surface area contributed by atoms with E-state index in [1.54, 1.807) is 46.3 Å². The summed E-state index contributed by atoms with van der Waals surface area (Å²) < 4.78 is 10.4. The summed E-state index contributed by atoms with van der Waals surface area (Å²) in [5.41, 5.74) is 1.35. The lowest BCUT2D eigenvalue weighted by molar-refractivity contribution is -0.143. The largest absolute Gasteiger partial charge is 0.460 e. The van der Waals surface area contributed by atoms with Crippen LogP contribution in [0.5, 0.6) is 0 Å². The minimum atomic E-state index is -0.554. The van der Waals surface area contributed by atoms with E-state index in [1.165, 1.54) is 4.90 Å². The molecule has 1 aromatic heterocycles. The zero-order chi connectivity index (χ0) is 17.4. The fraction of sp³-hybridized carbons (Fsp3) is 0.438. The van der Waals surface area contributed by atoms with Crippen LogP contribution in [0, 0.1) is 0 Å². The van der Waals surface area contributed by atoms with Crippen LogP contribution in [0.15, 0.2) is 30.5 Å². The Kier molecular flexibility index (Phi) is 7.21. The Hall–Kier alpha value is -2.41. The quantitative estimate of drug-likeness (QED) is 0.610. The molecule has 1 unspecified atom stereocenters. The highest BCUT2D eigenvalue weighted by Crippen LogP contribution is 2.18. The second-order valence-corrected chi connectivity index (χ2v) is 5.11. The zero-order valence-electron chi connectivity index (χ0n) is 14.0. The van der Waals surface area contributed by atoms with Gasteiger partial charge in [-0.1, -0.05) is 12.6 Å². The number of pyridine rings is 1. The summed E-state index contributed by atoms with van der Waals surface area (Å²) in [5, 5.41) is 2.71. The van der Waals surface area contributed by atoms with Crippen molar-refractivity contribution >= 4 is 17.9 Å². The Bertz CT molecular complexity index is 574. The number of anilines is 1. The summed E-state index contributed by atoms with van der Waals surface area (Å²) in [5.74, 6) is -0.00731. The summed E-state index contributed by atoms with van der Waals surface area (Å²) >= 11 is 0. The minimum absolute atomic E-state index is 0.0251. The van der Waals surface area contributed by atoms with Crippen molar-refractivity contribution in [3.05, 3.63) is 36.0 Å². The first kappa shape index (κ1) is 18.6. The van der Waals surface area contributed by atoms with Crippen LogP contribution in [0.3, 0.4) is 0 Å². The molecule has 0 spiro atoms. The van der Waals surface area contributed by atoms with Gasteiger partial charge >= 0.3 is 12.1 Å². The molecule has 1 amide bonds. The summed E-state index contributed by atoms with van der Waals surface area (Å²) in [6, 6.07) is 3.45. The monoisotopic (exact) mass is 321 g/mol. The molecule has 0 bridgehead atoms. The lowest BCUT2D eigenvalue weighted by atomic mass is 10.2. The van der Waals surface area contributed by atoms with Crippen molar-refractivity contribution in [1.29, 1.82) is 0 Å². The van der Waals surface area contributed by atoms with E-state index in [0.717, 1.165) is 5.57 Å². The number of hydrogen-bond acceptors (Lipinski definition) is 6. The van der Waals surface area contributed by atoms with Crippen LogP contribution in [0.4, 0.5) is 10.6 Å². The third-order valence-electron chi connectivity index (χ3n) is 3.14. The van der Waals surface area contributed by atoms with Gasteiger partial charge in [0, 0.05) is 18.8 Å². The van der Waals surface area contributed by atoms with Crippen LogP contribution in [0.2, 0.25) is 0 Å². The number of hydrogen-bond donors (Lipinski definition) is 1. The molecular formula is C16H23N3O4. The number of aromatic nitrogens is 1. The normalized spacial score (nSPS) is 11.5. The molecule has 23 heavy (non-hydrogen) atoms. The van der Waals surface area contributed by atoms with E-state index in [4.69, 9.17) is 9.47 Å². The second-order valence-electron chi connectivity index (χ2n) is 5.11. The fourth-order valence-electron chi connectivity index (χ4n) is 1.62. The third-order valence-corrected chi connectivity index (χ3v) is 3.14. The summed E-state index contributed by atoms with van der Waals surface area (Å²) in [6.45, 7) is 7.42. The van der Waals surface area contributed by atoms with E-state index in [1.807, 2.05) is 0 Å². The van der Waals surface area contributed by atoms with Gasteiger partial charge in [0.1, 0.15) is 18.5 Å². The number of likely N-dealkylation sites (N-methyl/N-ethyl adjacent to an activating group) is 1. The van der Waals surface area contributed by atoms with Gasteiger partial charge in [-0.3, -0.25) is 9.69 Å². The number of amides is 1. The lowest BCUT2D eigenvalue weighted by Gasteiger charge is -2.21. The molecule has 0 aromatic carbocycles. The number of rotatable bonds is 7. The average Bonchev–Trinajstić information content (AvgIpc) is 2.52. The van der Waals surface area contributed by atoms with Gasteiger partial charge in [0.05, 0.1) is 6.54 Å². The SMILES string of the molecule is C=C(C)C(C)OC(=O)N(C)c1ncccc1COC(=O)CNC. The number of esters is 1. The smallest absolute Gasteiger partial charge is 0.415 e. The van der Waals surface area contributed by atoms with Crippen LogP contribution < -0.4 is 10.2 Å². The Morgan fingerprint density at radius 2 is 2.17 bits per heavy atom. The molecule has 1 atom stereocenters. The zero-order valence-corrected chi connectivity index (χ0v) is 14.0. The van der Waals surface area contributed by atoms with Gasteiger partial charge in [-0.15, -0.1) is 0 Å². The van der Waals surface area contributed by atoms with Gasteiger partial charge in [0.15, 0.2) is 0 Å². The van der Waals surface area contributed by atoms with Gasteiger partial charge in [-0.2, -0.15) is 0 Å². The standard InChI is InChI=1S/C16H23N3O4/c1-11(2)12(3)23-16(21)19(5)15-13(7-6-8-18-15)10-22-14(20)9-17-4/h6-8,12,17H,1,9-10H2,2-5H3. The average molecular weight is 321 g/mol. The van der Waals surface area contributed by atoms with Crippen molar-refractivity contribution in [3.63, 3.8) is 0 Å². The Balaban J connectivity index is 2.80. The molecule has 7 nitrogen and oxygen atoms in total. The maximum absolute atomic E-state index is 12.2. The molecule has 0 saturated heterocycles. The molecule has 7 heteroatoms. The van der Waals surface area contributed by atoms with Gasteiger partial charge in [0.25, 0.3) is 0 Å². The molecule has 0 aliphatic heterocycles. The number of nitrogens with zero attached hydrogens (tertiary/aromatic N) is 2. The Morgan fingerprint density at radius 3 is 2.78 bits per heavy atom. The van der Waals surface area contributed by atoms with Crippen LogP contribution in [0.1, 0.15) is 19.4 Å². The maximum Gasteiger partial charge on any atom is 0.415 e. The number of carbonyl (C=O) groups excluding carboxylic acids is 2. The van der Waals surface area contributed by atoms with E-state index >= 15 is 0 Å². The van der Waals surface area contributed by atoms with Crippen molar-refractivity contribution in [3.8, 4) is 0 Å². The second kappa shape index (κ2) is 8.89. The van der Waals surface area contributed by atoms with Crippen LogP contribution in [-0.4, -0.2) is 43.8 Å². The minimum Gasteiger partial charge on any atom is -0.460 e. The maximum atomic E-state index is 12.2. The fourth-order valence-corrected chi connectivity index (χ4v) is 1.62. The van der Waals surface area contributed by atoms with Crippen molar-refractivity contribution in [2.24, 2.45) is 0 Å². The predicted octanol–water partition coefficient (Wildman–Crippen LogP) is 1.88. The Morgan fingerprint density at radius 1 is 1.48 bits per heavy atom. The Labute approximate surface area is 136 Å². The van der Waals surface area contributed by atoms with E-state index in [2.05, 4.69) is 16.9 Å². The van der Waals surface area contributed by atoms with E-state index in [9.17, 15) is 9.59 Å². The lowest BCUT2D eigenvalue weighted by Crippen LogP contribution is -2.32. The summed E-state index contributed by atoms with van der Waals surface area (Å²) in [4.78, 5) is 29.0. The van der Waals surface area contributed by atoms with E-state index in [0.29, 0.717) is 11.4 Å². The number of nitrogens with one attached hydrogen (secondary N) is 1. The van der Waals surface area contributed by atoms with Gasteiger partial charge in [-0.25, -0.2) is 9.78 Å². The van der Waals surface area contributed by atoms with Gasteiger partial charge in [-0.05, 0) is 32.5 Å². The molecule has 1 heterocycles. The molecular weight excluding hydrogens is 298 g/mol. The molecule has 0 radical (unpaired) electrons. The van der Waals surface area contributed by atoms with Gasteiger partial charge in [0.2, 0.25) is 0 Å². The summed E-state index contributed by atoms with van der Waals surface area (Å²) in [6.07, 6.45) is 0.604. The third kappa shape index (κ3) is 5.71.